The first-order valence-electron chi connectivity index (χ1n) is 8.24. The molecule has 1 saturated heterocycles. The van der Waals surface area contributed by atoms with Crippen molar-refractivity contribution >= 4 is 17.4 Å². The second-order valence-electron chi connectivity index (χ2n) is 6.67. The Hall–Kier alpha value is -2.13. The van der Waals surface area contributed by atoms with Crippen LogP contribution in [-0.4, -0.2) is 47.3 Å². The van der Waals surface area contributed by atoms with Gasteiger partial charge in [-0.1, -0.05) is 41.9 Å². The van der Waals surface area contributed by atoms with Gasteiger partial charge < -0.3 is 10.0 Å². The second-order valence-corrected chi connectivity index (χ2v) is 7.08. The van der Waals surface area contributed by atoms with E-state index in [4.69, 9.17) is 16.9 Å². The number of β-amino-alcohol motifs (C(OH)–C–C–N with tert-alkyl or cyclic N) is 1. The molecular weight excluding hydrogens is 336 g/mol. The van der Waals surface area contributed by atoms with Crippen LogP contribution >= 0.6 is 11.6 Å². The van der Waals surface area contributed by atoms with Crippen LogP contribution < -0.4 is 4.90 Å². The minimum absolute atomic E-state index is 0.421. The van der Waals surface area contributed by atoms with Crippen LogP contribution in [-0.2, 0) is 6.54 Å². The molecule has 3 rings (SSSR count). The molecule has 2 heterocycles. The molecule has 130 valence electrons. The fourth-order valence-electron chi connectivity index (χ4n) is 3.34. The van der Waals surface area contributed by atoms with Crippen LogP contribution in [0, 0.1) is 11.3 Å². The summed E-state index contributed by atoms with van der Waals surface area (Å²) < 4.78 is 0. The quantitative estimate of drug-likeness (QED) is 0.892. The third kappa shape index (κ3) is 4.29. The topological polar surface area (TPSA) is 63.4 Å². The normalized spacial score (nSPS) is 20.4. The lowest BCUT2D eigenvalue weighted by Crippen LogP contribution is -2.44. The molecule has 1 aromatic carbocycles. The monoisotopic (exact) mass is 356 g/mol. The number of anilines is 1. The highest BCUT2D eigenvalue weighted by Gasteiger charge is 2.37. The highest BCUT2D eigenvalue weighted by atomic mass is 35.5. The van der Waals surface area contributed by atoms with Crippen LogP contribution in [0.3, 0.4) is 0 Å². The molecule has 1 N–H and O–H groups in total. The number of halogens is 1. The molecule has 1 unspecified atom stereocenters. The van der Waals surface area contributed by atoms with Gasteiger partial charge in [-0.3, -0.25) is 4.90 Å². The Morgan fingerprint density at radius 3 is 2.84 bits per heavy atom. The Bertz CT molecular complexity index is 777. The Morgan fingerprint density at radius 1 is 1.40 bits per heavy atom. The van der Waals surface area contributed by atoms with E-state index in [1.807, 2.05) is 36.2 Å². The van der Waals surface area contributed by atoms with Gasteiger partial charge >= 0.3 is 0 Å². The van der Waals surface area contributed by atoms with Crippen molar-refractivity contribution in [2.75, 3.05) is 31.6 Å². The van der Waals surface area contributed by atoms with Crippen LogP contribution in [0.4, 0.5) is 5.82 Å². The number of aliphatic hydroxyl groups is 1. The van der Waals surface area contributed by atoms with E-state index in [0.29, 0.717) is 35.9 Å². The Morgan fingerprint density at radius 2 is 2.16 bits per heavy atom. The van der Waals surface area contributed by atoms with E-state index < -0.39 is 5.60 Å². The predicted octanol–water partition coefficient (Wildman–Crippen LogP) is 2.68. The Kier molecular flexibility index (Phi) is 5.24. The molecule has 0 aliphatic carbocycles. The Labute approximate surface area is 153 Å². The van der Waals surface area contributed by atoms with Gasteiger partial charge in [-0.15, -0.1) is 0 Å². The number of pyridine rings is 1. The third-order valence-electron chi connectivity index (χ3n) is 4.50. The standard InChI is InChI=1S/C19H21ClN4O/c1-23(18-17(20)9-16(10-21)11-22-18)13-19(25)7-8-24(14-19)12-15-5-3-2-4-6-15/h2-6,9,11,25H,7-8,12-14H2,1H3. The fourth-order valence-corrected chi connectivity index (χ4v) is 3.65. The summed E-state index contributed by atoms with van der Waals surface area (Å²) in [7, 11) is 1.86. The lowest BCUT2D eigenvalue weighted by atomic mass is 10.0. The molecule has 6 heteroatoms. The summed E-state index contributed by atoms with van der Waals surface area (Å²) in [5, 5.41) is 20.3. The number of benzene rings is 1. The molecule has 1 aliphatic heterocycles. The zero-order chi connectivity index (χ0) is 17.9. The van der Waals surface area contributed by atoms with Crippen molar-refractivity contribution in [1.29, 1.82) is 5.26 Å². The van der Waals surface area contributed by atoms with E-state index in [9.17, 15) is 5.11 Å². The van der Waals surface area contributed by atoms with Gasteiger partial charge in [-0.05, 0) is 18.1 Å². The highest BCUT2D eigenvalue weighted by molar-refractivity contribution is 6.33. The van der Waals surface area contributed by atoms with Gasteiger partial charge in [0.2, 0.25) is 0 Å². The summed E-state index contributed by atoms with van der Waals surface area (Å²) in [5.41, 5.74) is 0.871. The van der Waals surface area contributed by atoms with Crippen molar-refractivity contribution in [3.8, 4) is 6.07 Å². The summed E-state index contributed by atoms with van der Waals surface area (Å²) >= 11 is 6.22. The average molecular weight is 357 g/mol. The highest BCUT2D eigenvalue weighted by Crippen LogP contribution is 2.28. The van der Waals surface area contributed by atoms with Gasteiger partial charge in [0.25, 0.3) is 0 Å². The van der Waals surface area contributed by atoms with Crippen LogP contribution in [0.1, 0.15) is 17.5 Å². The zero-order valence-electron chi connectivity index (χ0n) is 14.2. The number of aromatic nitrogens is 1. The first kappa shape index (κ1) is 17.7. The SMILES string of the molecule is CN(CC1(O)CCN(Cc2ccccc2)C1)c1ncc(C#N)cc1Cl. The Balaban J connectivity index is 1.63. The average Bonchev–Trinajstić information content (AvgIpc) is 2.95. The molecule has 1 atom stereocenters. The minimum Gasteiger partial charge on any atom is -0.387 e. The lowest BCUT2D eigenvalue weighted by molar-refractivity contribution is 0.0561. The first-order valence-corrected chi connectivity index (χ1v) is 8.62. The summed E-state index contributed by atoms with van der Waals surface area (Å²) in [4.78, 5) is 8.37. The van der Waals surface area contributed by atoms with Crippen LogP contribution in [0.5, 0.6) is 0 Å². The molecule has 25 heavy (non-hydrogen) atoms. The van der Waals surface area contributed by atoms with Crippen molar-refractivity contribution in [1.82, 2.24) is 9.88 Å². The van der Waals surface area contributed by atoms with Gasteiger partial charge in [0.05, 0.1) is 16.2 Å². The van der Waals surface area contributed by atoms with Crippen molar-refractivity contribution in [2.24, 2.45) is 0 Å². The van der Waals surface area contributed by atoms with Gasteiger partial charge in [-0.2, -0.15) is 5.26 Å². The van der Waals surface area contributed by atoms with Crippen LogP contribution in [0.2, 0.25) is 5.02 Å². The van der Waals surface area contributed by atoms with Gasteiger partial charge in [-0.25, -0.2) is 4.98 Å². The molecule has 2 aromatic rings. The summed E-state index contributed by atoms with van der Waals surface area (Å²) in [6, 6.07) is 13.9. The smallest absolute Gasteiger partial charge is 0.147 e. The molecule has 1 aromatic heterocycles. The maximum Gasteiger partial charge on any atom is 0.147 e. The molecule has 0 spiro atoms. The lowest BCUT2D eigenvalue weighted by Gasteiger charge is -2.30. The van der Waals surface area contributed by atoms with E-state index >= 15 is 0 Å². The summed E-state index contributed by atoms with van der Waals surface area (Å²) in [6.07, 6.45) is 2.20. The molecule has 1 fully saturated rings. The molecule has 0 radical (unpaired) electrons. The van der Waals surface area contributed by atoms with E-state index in [0.717, 1.165) is 13.1 Å². The van der Waals surface area contributed by atoms with Crippen molar-refractivity contribution in [3.05, 3.63) is 58.7 Å². The van der Waals surface area contributed by atoms with Crippen molar-refractivity contribution in [3.63, 3.8) is 0 Å². The molecular formula is C19H21ClN4O. The molecule has 1 aliphatic rings. The predicted molar refractivity (Wildman–Crippen MR) is 98.5 cm³/mol. The third-order valence-corrected chi connectivity index (χ3v) is 4.78. The molecule has 0 saturated carbocycles. The largest absolute Gasteiger partial charge is 0.387 e. The van der Waals surface area contributed by atoms with Crippen LogP contribution in [0.25, 0.3) is 0 Å². The number of hydrogen-bond acceptors (Lipinski definition) is 5. The number of likely N-dealkylation sites (tertiary alicyclic amines) is 1. The van der Waals surface area contributed by atoms with Crippen molar-refractivity contribution < 1.29 is 5.11 Å². The molecule has 5 nitrogen and oxygen atoms in total. The first-order chi connectivity index (χ1) is 12.0. The van der Waals surface area contributed by atoms with Crippen LogP contribution in [0.15, 0.2) is 42.6 Å². The van der Waals surface area contributed by atoms with Crippen molar-refractivity contribution in [2.45, 2.75) is 18.6 Å². The van der Waals surface area contributed by atoms with E-state index in [-0.39, 0.29) is 0 Å². The fraction of sp³-hybridized carbons (Fsp3) is 0.368. The number of nitrogens with zero attached hydrogens (tertiary/aromatic N) is 4. The van der Waals surface area contributed by atoms with E-state index in [1.165, 1.54) is 11.8 Å². The maximum atomic E-state index is 11.0. The summed E-state index contributed by atoms with van der Waals surface area (Å²) in [6.45, 7) is 2.74. The molecule has 0 amide bonds. The molecule has 0 bridgehead atoms. The number of hydrogen-bond donors (Lipinski definition) is 1. The van der Waals surface area contributed by atoms with Gasteiger partial charge in [0, 0.05) is 39.4 Å². The number of rotatable bonds is 5. The number of likely N-dealkylation sites (N-methyl/N-ethyl adjacent to an activating group) is 1. The van der Waals surface area contributed by atoms with E-state index in [2.05, 4.69) is 22.0 Å². The van der Waals surface area contributed by atoms with E-state index in [1.54, 1.807) is 6.07 Å². The summed E-state index contributed by atoms with van der Waals surface area (Å²) in [5.74, 6) is 0.579. The number of nitriles is 1. The maximum absolute atomic E-state index is 11.0. The zero-order valence-corrected chi connectivity index (χ0v) is 14.9. The van der Waals surface area contributed by atoms with Gasteiger partial charge in [0.1, 0.15) is 11.9 Å². The minimum atomic E-state index is -0.803. The van der Waals surface area contributed by atoms with Gasteiger partial charge in [0.15, 0.2) is 0 Å². The second kappa shape index (κ2) is 7.40.